The van der Waals surface area contributed by atoms with Gasteiger partial charge in [-0.25, -0.2) is 4.79 Å². The summed E-state index contributed by atoms with van der Waals surface area (Å²) in [6, 6.07) is 1.68. The predicted molar refractivity (Wildman–Crippen MR) is 145 cm³/mol. The Morgan fingerprint density at radius 3 is 2.07 bits per heavy atom. The molecule has 1 aromatic heterocycles. The fraction of sp³-hybridized carbons (Fsp3) is 0.462. The maximum atomic E-state index is 13.1. The highest BCUT2D eigenvalue weighted by Gasteiger charge is 2.32. The van der Waals surface area contributed by atoms with Gasteiger partial charge in [0.1, 0.15) is 18.1 Å². The quantitative estimate of drug-likeness (QED) is 0.0976. The lowest BCUT2D eigenvalue weighted by Crippen LogP contribution is -2.57. The molecule has 2 aromatic rings. The second-order valence-electron chi connectivity index (χ2n) is 9.51. The van der Waals surface area contributed by atoms with Crippen molar-refractivity contribution in [2.24, 2.45) is 11.5 Å². The largest absolute Gasteiger partial charge is 0.481 e. The number of fused-ring (bicyclic) bond motifs is 1. The number of hydrogen-bond acceptors (Lipinski definition) is 8. The van der Waals surface area contributed by atoms with Gasteiger partial charge < -0.3 is 47.7 Å². The molecule has 0 saturated heterocycles. The molecule has 0 aliphatic rings. The van der Waals surface area contributed by atoms with Gasteiger partial charge in [-0.05, 0) is 50.3 Å². The molecular formula is C26H36N6O9. The summed E-state index contributed by atoms with van der Waals surface area (Å²) < 4.78 is 0. The monoisotopic (exact) mass is 576 g/mol. The molecule has 1 heterocycles. The minimum atomic E-state index is -1.71. The molecule has 4 atom stereocenters. The summed E-state index contributed by atoms with van der Waals surface area (Å²) in [4.78, 5) is 75.9. The highest BCUT2D eigenvalue weighted by molar-refractivity contribution is 5.96. The lowest BCUT2D eigenvalue weighted by molar-refractivity contribution is -0.143. The number of carbonyl (C=O) groups is 6. The number of carboxylic acid groups (broad SMARTS) is 3. The summed E-state index contributed by atoms with van der Waals surface area (Å²) in [6.07, 6.45) is 0.882. The van der Waals surface area contributed by atoms with Crippen LogP contribution in [0.15, 0.2) is 30.5 Å². The molecule has 15 nitrogen and oxygen atoms in total. The Balaban J connectivity index is 2.14. The van der Waals surface area contributed by atoms with Crippen LogP contribution in [0.2, 0.25) is 0 Å². The van der Waals surface area contributed by atoms with Gasteiger partial charge in [0.2, 0.25) is 17.7 Å². The highest BCUT2D eigenvalue weighted by atomic mass is 16.4. The molecule has 224 valence electrons. The normalized spacial score (nSPS) is 13.9. The fourth-order valence-corrected chi connectivity index (χ4v) is 4.12. The summed E-state index contributed by atoms with van der Waals surface area (Å²) in [5.74, 6) is -6.96. The summed E-state index contributed by atoms with van der Waals surface area (Å²) >= 11 is 0. The van der Waals surface area contributed by atoms with Crippen molar-refractivity contribution in [2.75, 3.05) is 6.54 Å². The SMILES string of the molecule is NCCCCC(NC(=O)C(CC(=O)O)NC(=O)C(CCC(=O)O)NC(=O)C(N)Cc1c[nH]c2ccccc12)C(=O)O. The number of hydrogen-bond donors (Lipinski definition) is 9. The van der Waals surface area contributed by atoms with Crippen LogP contribution < -0.4 is 27.4 Å². The molecule has 4 unspecified atom stereocenters. The Morgan fingerprint density at radius 1 is 0.805 bits per heavy atom. The number of benzene rings is 1. The molecule has 0 saturated carbocycles. The van der Waals surface area contributed by atoms with Crippen LogP contribution >= 0.6 is 0 Å². The number of aromatic amines is 1. The van der Waals surface area contributed by atoms with Crippen molar-refractivity contribution >= 4 is 46.5 Å². The third-order valence-electron chi connectivity index (χ3n) is 6.30. The van der Waals surface area contributed by atoms with E-state index in [0.717, 1.165) is 16.5 Å². The Kier molecular flexibility index (Phi) is 12.7. The Morgan fingerprint density at radius 2 is 1.44 bits per heavy atom. The molecule has 0 spiro atoms. The fourth-order valence-electron chi connectivity index (χ4n) is 4.12. The van der Waals surface area contributed by atoms with Gasteiger partial charge in [-0.1, -0.05) is 18.2 Å². The zero-order valence-corrected chi connectivity index (χ0v) is 22.3. The van der Waals surface area contributed by atoms with Gasteiger partial charge in [0, 0.05) is 23.5 Å². The number of aromatic nitrogens is 1. The maximum Gasteiger partial charge on any atom is 0.326 e. The van der Waals surface area contributed by atoms with E-state index in [1.807, 2.05) is 24.3 Å². The van der Waals surface area contributed by atoms with Crippen molar-refractivity contribution in [3.05, 3.63) is 36.0 Å². The first-order valence-electron chi connectivity index (χ1n) is 13.0. The third-order valence-corrected chi connectivity index (χ3v) is 6.30. The first-order valence-corrected chi connectivity index (χ1v) is 13.0. The number of rotatable bonds is 18. The summed E-state index contributed by atoms with van der Waals surface area (Å²) in [6.45, 7) is 0.312. The number of carbonyl (C=O) groups excluding carboxylic acids is 3. The Bertz CT molecular complexity index is 1250. The highest BCUT2D eigenvalue weighted by Crippen LogP contribution is 2.19. The number of aliphatic carboxylic acids is 3. The summed E-state index contributed by atoms with van der Waals surface area (Å²) in [5, 5.41) is 35.4. The maximum absolute atomic E-state index is 13.1. The molecule has 1 aromatic carbocycles. The summed E-state index contributed by atoms with van der Waals surface area (Å²) in [7, 11) is 0. The molecule has 11 N–H and O–H groups in total. The van der Waals surface area contributed by atoms with E-state index in [0.29, 0.717) is 19.4 Å². The molecule has 0 radical (unpaired) electrons. The molecule has 0 bridgehead atoms. The molecule has 41 heavy (non-hydrogen) atoms. The second-order valence-corrected chi connectivity index (χ2v) is 9.51. The van der Waals surface area contributed by atoms with Crippen molar-refractivity contribution in [2.45, 2.75) is 69.1 Å². The van der Waals surface area contributed by atoms with Crippen LogP contribution in [0.3, 0.4) is 0 Å². The Labute approximate surface area is 235 Å². The number of para-hydroxylation sites is 1. The van der Waals surface area contributed by atoms with Crippen LogP contribution in [0.1, 0.15) is 44.1 Å². The molecule has 0 fully saturated rings. The van der Waals surface area contributed by atoms with Crippen LogP contribution in [-0.4, -0.2) is 86.6 Å². The number of nitrogens with two attached hydrogens (primary N) is 2. The minimum absolute atomic E-state index is 0.0254. The van der Waals surface area contributed by atoms with E-state index in [2.05, 4.69) is 20.9 Å². The molecular weight excluding hydrogens is 540 g/mol. The van der Waals surface area contributed by atoms with Crippen molar-refractivity contribution in [1.82, 2.24) is 20.9 Å². The number of amides is 3. The van der Waals surface area contributed by atoms with Crippen LogP contribution in [0.5, 0.6) is 0 Å². The number of unbranched alkanes of at least 4 members (excludes halogenated alkanes) is 1. The average molecular weight is 577 g/mol. The lowest BCUT2D eigenvalue weighted by atomic mass is 10.0. The van der Waals surface area contributed by atoms with E-state index < -0.39 is 72.6 Å². The van der Waals surface area contributed by atoms with Crippen LogP contribution in [0, 0.1) is 0 Å². The zero-order chi connectivity index (χ0) is 30.5. The lowest BCUT2D eigenvalue weighted by Gasteiger charge is -2.24. The first kappa shape index (κ1) is 32.7. The van der Waals surface area contributed by atoms with Crippen LogP contribution in [0.25, 0.3) is 10.9 Å². The number of H-pyrrole nitrogens is 1. The van der Waals surface area contributed by atoms with Crippen molar-refractivity contribution in [1.29, 1.82) is 0 Å². The molecule has 15 heteroatoms. The molecule has 0 aliphatic heterocycles. The second kappa shape index (κ2) is 15.9. The van der Waals surface area contributed by atoms with E-state index >= 15 is 0 Å². The smallest absolute Gasteiger partial charge is 0.326 e. The van der Waals surface area contributed by atoms with Gasteiger partial charge in [-0.15, -0.1) is 0 Å². The van der Waals surface area contributed by atoms with Gasteiger partial charge in [-0.2, -0.15) is 0 Å². The number of nitrogens with one attached hydrogen (secondary N) is 4. The van der Waals surface area contributed by atoms with E-state index in [1.165, 1.54) is 0 Å². The van der Waals surface area contributed by atoms with Gasteiger partial charge in [0.15, 0.2) is 0 Å². The van der Waals surface area contributed by atoms with E-state index in [4.69, 9.17) is 16.6 Å². The van der Waals surface area contributed by atoms with Gasteiger partial charge >= 0.3 is 17.9 Å². The number of carboxylic acids is 3. The molecule has 0 aliphatic carbocycles. The molecule has 2 rings (SSSR count). The third kappa shape index (κ3) is 10.5. The van der Waals surface area contributed by atoms with Gasteiger partial charge in [-0.3, -0.25) is 24.0 Å². The first-order chi connectivity index (χ1) is 19.4. The van der Waals surface area contributed by atoms with E-state index in [1.54, 1.807) is 6.20 Å². The minimum Gasteiger partial charge on any atom is -0.481 e. The van der Waals surface area contributed by atoms with Crippen molar-refractivity contribution < 1.29 is 44.1 Å². The average Bonchev–Trinajstić information content (AvgIpc) is 3.31. The summed E-state index contributed by atoms with van der Waals surface area (Å²) in [5.41, 5.74) is 13.1. The van der Waals surface area contributed by atoms with Gasteiger partial charge in [0.25, 0.3) is 0 Å². The van der Waals surface area contributed by atoms with Crippen LogP contribution in [0.4, 0.5) is 0 Å². The van der Waals surface area contributed by atoms with E-state index in [-0.39, 0.29) is 19.3 Å². The van der Waals surface area contributed by atoms with Gasteiger partial charge in [0.05, 0.1) is 12.5 Å². The van der Waals surface area contributed by atoms with E-state index in [9.17, 15) is 39.0 Å². The standard InChI is InChI=1S/C26H36N6O9/c27-10-4-3-7-19(26(40)41)31-25(39)20(12-22(35)36)32-24(38)18(8-9-21(33)34)30-23(37)16(28)11-14-13-29-17-6-2-1-5-15(14)17/h1-2,5-6,13,16,18-20,29H,3-4,7-12,27-28H2,(H,30,37)(H,31,39)(H,32,38)(H,33,34)(H,35,36)(H,40,41). The van der Waals surface area contributed by atoms with Crippen LogP contribution in [-0.2, 0) is 35.2 Å². The predicted octanol–water partition coefficient (Wildman–Crippen LogP) is -0.955. The van der Waals surface area contributed by atoms with Crippen molar-refractivity contribution in [3.8, 4) is 0 Å². The topological polar surface area (TPSA) is 267 Å². The Hall–Kier alpha value is -4.50. The molecule has 3 amide bonds. The zero-order valence-electron chi connectivity index (χ0n) is 22.3. The van der Waals surface area contributed by atoms with Crippen molar-refractivity contribution in [3.63, 3.8) is 0 Å².